The van der Waals surface area contributed by atoms with Crippen LogP contribution in [0.25, 0.3) is 17.0 Å². The van der Waals surface area contributed by atoms with Crippen LogP contribution in [0.15, 0.2) is 36.5 Å². The van der Waals surface area contributed by atoms with Crippen LogP contribution in [0.4, 0.5) is 8.78 Å². The van der Waals surface area contributed by atoms with E-state index >= 15 is 0 Å². The van der Waals surface area contributed by atoms with Gasteiger partial charge in [0.15, 0.2) is 23.1 Å². The molecule has 7 heteroatoms. The minimum Gasteiger partial charge on any atom is -0.465 e. The Morgan fingerprint density at radius 3 is 2.67 bits per heavy atom. The first-order valence-corrected chi connectivity index (χ1v) is 5.98. The summed E-state index contributed by atoms with van der Waals surface area (Å²) in [4.78, 5) is 11.5. The third-order valence-electron chi connectivity index (χ3n) is 3.00. The summed E-state index contributed by atoms with van der Waals surface area (Å²) in [5, 5.41) is 7.85. The number of aromatic nitrogens is 3. The summed E-state index contributed by atoms with van der Waals surface area (Å²) in [5.41, 5.74) is 1.12. The second-order valence-electron chi connectivity index (χ2n) is 4.29. The fourth-order valence-corrected chi connectivity index (χ4v) is 1.96. The smallest absolute Gasteiger partial charge is 0.339 e. The van der Waals surface area contributed by atoms with E-state index in [4.69, 9.17) is 0 Å². The molecule has 21 heavy (non-hydrogen) atoms. The van der Waals surface area contributed by atoms with Gasteiger partial charge >= 0.3 is 5.97 Å². The highest BCUT2D eigenvalue weighted by Crippen LogP contribution is 2.21. The fourth-order valence-electron chi connectivity index (χ4n) is 1.96. The second-order valence-corrected chi connectivity index (χ2v) is 4.29. The lowest BCUT2D eigenvalue weighted by atomic mass is 10.2. The maximum absolute atomic E-state index is 13.3. The Bertz CT molecular complexity index is 845. The maximum Gasteiger partial charge on any atom is 0.339 e. The lowest BCUT2D eigenvalue weighted by Crippen LogP contribution is -2.03. The van der Waals surface area contributed by atoms with Gasteiger partial charge in [-0.2, -0.15) is 0 Å². The summed E-state index contributed by atoms with van der Waals surface area (Å²) in [5.74, 6) is -2.13. The van der Waals surface area contributed by atoms with Crippen LogP contribution >= 0.6 is 0 Å². The van der Waals surface area contributed by atoms with E-state index in [0.29, 0.717) is 22.6 Å². The summed E-state index contributed by atoms with van der Waals surface area (Å²) in [6.45, 7) is 0. The molecule has 0 bridgehead atoms. The number of ether oxygens (including phenoxy) is 1. The van der Waals surface area contributed by atoms with E-state index in [1.54, 1.807) is 12.1 Å². The molecule has 0 unspecified atom stereocenters. The van der Waals surface area contributed by atoms with E-state index in [2.05, 4.69) is 14.9 Å². The second kappa shape index (κ2) is 4.93. The number of fused-ring (bicyclic) bond motifs is 1. The SMILES string of the molecule is COC(=O)c1ccc2nnc(-c3ccc(F)c(F)c3)n2c1. The van der Waals surface area contributed by atoms with Gasteiger partial charge in [0.2, 0.25) is 0 Å². The van der Waals surface area contributed by atoms with Crippen molar-refractivity contribution in [1.82, 2.24) is 14.6 Å². The number of hydrogen-bond acceptors (Lipinski definition) is 4. The first-order chi connectivity index (χ1) is 10.1. The van der Waals surface area contributed by atoms with Crippen molar-refractivity contribution in [3.05, 3.63) is 53.7 Å². The summed E-state index contributed by atoms with van der Waals surface area (Å²) >= 11 is 0. The molecule has 0 fully saturated rings. The molecule has 0 saturated heterocycles. The van der Waals surface area contributed by atoms with Crippen molar-refractivity contribution in [2.24, 2.45) is 0 Å². The van der Waals surface area contributed by atoms with E-state index in [0.717, 1.165) is 12.1 Å². The average Bonchev–Trinajstić information content (AvgIpc) is 2.92. The number of pyridine rings is 1. The molecule has 2 heterocycles. The van der Waals surface area contributed by atoms with Crippen molar-refractivity contribution < 1.29 is 18.3 Å². The van der Waals surface area contributed by atoms with Gasteiger partial charge in [-0.15, -0.1) is 10.2 Å². The Balaban J connectivity index is 2.18. The number of benzene rings is 1. The molecular weight excluding hydrogens is 280 g/mol. The van der Waals surface area contributed by atoms with E-state index in [1.165, 1.54) is 23.8 Å². The molecule has 1 aromatic carbocycles. The number of hydrogen-bond donors (Lipinski definition) is 0. The van der Waals surface area contributed by atoms with Gasteiger partial charge in [-0.25, -0.2) is 13.6 Å². The Morgan fingerprint density at radius 1 is 1.14 bits per heavy atom. The van der Waals surface area contributed by atoms with E-state index in [-0.39, 0.29) is 0 Å². The third-order valence-corrected chi connectivity index (χ3v) is 3.00. The van der Waals surface area contributed by atoms with Crippen LogP contribution in [-0.4, -0.2) is 27.7 Å². The first-order valence-electron chi connectivity index (χ1n) is 5.98. The Hall–Kier alpha value is -2.83. The van der Waals surface area contributed by atoms with Crippen molar-refractivity contribution in [3.63, 3.8) is 0 Å². The molecule has 0 radical (unpaired) electrons. The zero-order valence-corrected chi connectivity index (χ0v) is 10.9. The number of esters is 1. The van der Waals surface area contributed by atoms with Crippen molar-refractivity contribution >= 4 is 11.6 Å². The monoisotopic (exact) mass is 289 g/mol. The number of nitrogens with zero attached hydrogens (tertiary/aromatic N) is 3. The average molecular weight is 289 g/mol. The minimum atomic E-state index is -0.978. The number of carbonyl (C=O) groups excluding carboxylic acids is 1. The van der Waals surface area contributed by atoms with Crippen LogP contribution < -0.4 is 0 Å². The highest BCUT2D eigenvalue weighted by atomic mass is 19.2. The molecule has 2 aromatic heterocycles. The van der Waals surface area contributed by atoms with Crippen LogP contribution in [-0.2, 0) is 4.74 Å². The quantitative estimate of drug-likeness (QED) is 0.680. The van der Waals surface area contributed by atoms with Gasteiger partial charge in [-0.1, -0.05) is 0 Å². The molecule has 0 N–H and O–H groups in total. The van der Waals surface area contributed by atoms with Crippen LogP contribution in [0.5, 0.6) is 0 Å². The molecule has 0 saturated carbocycles. The lowest BCUT2D eigenvalue weighted by molar-refractivity contribution is 0.0600. The van der Waals surface area contributed by atoms with Crippen LogP contribution in [0.2, 0.25) is 0 Å². The van der Waals surface area contributed by atoms with Crippen molar-refractivity contribution in [2.45, 2.75) is 0 Å². The van der Waals surface area contributed by atoms with Crippen LogP contribution in [0.1, 0.15) is 10.4 Å². The van der Waals surface area contributed by atoms with Gasteiger partial charge in [-0.05, 0) is 30.3 Å². The topological polar surface area (TPSA) is 56.5 Å². The van der Waals surface area contributed by atoms with Gasteiger partial charge in [0, 0.05) is 11.8 Å². The Morgan fingerprint density at radius 2 is 1.95 bits per heavy atom. The van der Waals surface area contributed by atoms with Crippen molar-refractivity contribution in [3.8, 4) is 11.4 Å². The van der Waals surface area contributed by atoms with Gasteiger partial charge < -0.3 is 4.74 Å². The maximum atomic E-state index is 13.3. The largest absolute Gasteiger partial charge is 0.465 e. The normalized spacial score (nSPS) is 10.8. The minimum absolute atomic E-state index is 0.300. The van der Waals surface area contributed by atoms with Gasteiger partial charge in [0.1, 0.15) is 0 Å². The third kappa shape index (κ3) is 2.22. The van der Waals surface area contributed by atoms with Crippen molar-refractivity contribution in [2.75, 3.05) is 7.11 Å². The highest BCUT2D eigenvalue weighted by Gasteiger charge is 2.13. The number of carbonyl (C=O) groups is 1. The Kier molecular flexibility index (Phi) is 3.09. The van der Waals surface area contributed by atoms with Gasteiger partial charge in [0.25, 0.3) is 0 Å². The number of rotatable bonds is 2. The molecule has 0 aliphatic heterocycles. The predicted octanol–water partition coefficient (Wildman–Crippen LogP) is 2.46. The molecule has 5 nitrogen and oxygen atoms in total. The molecular formula is C14H9F2N3O2. The summed E-state index contributed by atoms with van der Waals surface area (Å²) in [7, 11) is 1.27. The Labute approximate surface area is 117 Å². The molecule has 0 amide bonds. The predicted molar refractivity (Wildman–Crippen MR) is 69.7 cm³/mol. The summed E-state index contributed by atoms with van der Waals surface area (Å²) in [6.07, 6.45) is 1.48. The summed E-state index contributed by atoms with van der Waals surface area (Å²) in [6, 6.07) is 6.56. The van der Waals surface area contributed by atoms with Crippen molar-refractivity contribution in [1.29, 1.82) is 0 Å². The fraction of sp³-hybridized carbons (Fsp3) is 0.0714. The van der Waals surface area contributed by atoms with Gasteiger partial charge in [-0.3, -0.25) is 4.40 Å². The molecule has 3 aromatic rings. The number of methoxy groups -OCH3 is 1. The highest BCUT2D eigenvalue weighted by molar-refractivity contribution is 5.89. The van der Waals surface area contributed by atoms with Gasteiger partial charge in [0.05, 0.1) is 12.7 Å². The van der Waals surface area contributed by atoms with Crippen LogP contribution in [0.3, 0.4) is 0 Å². The standard InChI is InChI=1S/C14H9F2N3O2/c1-21-14(20)9-3-5-12-17-18-13(19(12)7-9)8-2-4-10(15)11(16)6-8/h2-7H,1H3. The first kappa shape index (κ1) is 13.2. The molecule has 0 atom stereocenters. The summed E-state index contributed by atoms with van der Waals surface area (Å²) < 4.78 is 32.5. The molecule has 0 spiro atoms. The molecule has 0 aliphatic rings. The van der Waals surface area contributed by atoms with E-state index in [1.807, 2.05) is 0 Å². The lowest BCUT2D eigenvalue weighted by Gasteiger charge is -2.03. The van der Waals surface area contributed by atoms with E-state index in [9.17, 15) is 13.6 Å². The molecule has 3 rings (SSSR count). The number of halogens is 2. The zero-order valence-electron chi connectivity index (χ0n) is 10.9. The molecule has 106 valence electrons. The van der Waals surface area contributed by atoms with Crippen LogP contribution in [0, 0.1) is 11.6 Å². The molecule has 0 aliphatic carbocycles. The van der Waals surface area contributed by atoms with E-state index < -0.39 is 17.6 Å². The zero-order chi connectivity index (χ0) is 15.0.